The lowest BCUT2D eigenvalue weighted by Crippen LogP contribution is -2.15. The van der Waals surface area contributed by atoms with E-state index < -0.39 is 0 Å². The van der Waals surface area contributed by atoms with Gasteiger partial charge in [0.25, 0.3) is 0 Å². The average molecular weight is 485 g/mol. The lowest BCUT2D eigenvalue weighted by Gasteiger charge is -2.08. The van der Waals surface area contributed by atoms with Crippen LogP contribution in [-0.2, 0) is 52.2 Å². The Kier molecular flexibility index (Phi) is 28.7. The van der Waals surface area contributed by atoms with Crippen molar-refractivity contribution < 1.29 is 52.2 Å². The number of rotatable bonds is 29. The zero-order valence-electron chi connectivity index (χ0n) is 20.4. The lowest BCUT2D eigenvalue weighted by molar-refractivity contribution is -0.122. The highest BCUT2D eigenvalue weighted by Crippen LogP contribution is 1.86. The zero-order valence-corrected chi connectivity index (χ0v) is 20.4. The van der Waals surface area contributed by atoms with Crippen molar-refractivity contribution in [1.82, 2.24) is 0 Å². The Morgan fingerprint density at radius 2 is 0.606 bits per heavy atom. The van der Waals surface area contributed by atoms with E-state index in [1.54, 1.807) is 7.11 Å². The lowest BCUT2D eigenvalue weighted by atomic mass is 10.5. The average Bonchev–Trinajstić information content (AvgIpc) is 2.80. The van der Waals surface area contributed by atoms with Gasteiger partial charge >= 0.3 is 0 Å². The Hall–Kier alpha value is -0.730. The highest BCUT2D eigenvalue weighted by atomic mass is 16.6. The summed E-state index contributed by atoms with van der Waals surface area (Å²) in [7, 11) is 1.64. The maximum absolute atomic E-state index is 10.7. The Bertz CT molecular complexity index is 385. The minimum Gasteiger partial charge on any atom is -0.382 e. The van der Waals surface area contributed by atoms with Crippen molar-refractivity contribution in [1.29, 1.82) is 0 Å². The Labute approximate surface area is 198 Å². The summed E-state index contributed by atoms with van der Waals surface area (Å²) in [6.07, 6.45) is 0. The van der Waals surface area contributed by atoms with E-state index in [2.05, 4.69) is 0 Å². The molecule has 0 unspecified atom stereocenters. The summed E-state index contributed by atoms with van der Waals surface area (Å²) in [5.74, 6) is 0.00729. The maximum atomic E-state index is 10.7. The van der Waals surface area contributed by atoms with Crippen LogP contribution < -0.4 is 0 Å². The van der Waals surface area contributed by atoms with Crippen LogP contribution in [0, 0.1) is 0 Å². The summed E-state index contributed by atoms with van der Waals surface area (Å²) in [5.41, 5.74) is 0. The monoisotopic (exact) mass is 484 g/mol. The number of carbonyl (C=O) groups excluding carboxylic acids is 1. The molecule has 198 valence electrons. The minimum absolute atomic E-state index is 0.00729. The van der Waals surface area contributed by atoms with Crippen LogP contribution in [0.1, 0.15) is 6.92 Å². The highest BCUT2D eigenvalue weighted by molar-refractivity contribution is 5.76. The fourth-order valence-electron chi connectivity index (χ4n) is 2.12. The van der Waals surface area contributed by atoms with Gasteiger partial charge in [0.1, 0.15) is 6.61 Å². The first-order valence-corrected chi connectivity index (χ1v) is 11.5. The summed E-state index contributed by atoms with van der Waals surface area (Å²) < 4.78 is 53.0. The van der Waals surface area contributed by atoms with Crippen LogP contribution in [0.25, 0.3) is 0 Å². The van der Waals surface area contributed by atoms with Crippen molar-refractivity contribution in [2.45, 2.75) is 6.92 Å². The summed E-state index contributed by atoms with van der Waals surface area (Å²) in [6, 6.07) is 0. The quantitative estimate of drug-likeness (QED) is 0.137. The first-order valence-electron chi connectivity index (χ1n) is 11.5. The van der Waals surface area contributed by atoms with E-state index in [1.165, 1.54) is 6.92 Å². The van der Waals surface area contributed by atoms with Gasteiger partial charge in [0.15, 0.2) is 5.78 Å². The molecule has 0 saturated heterocycles. The fourth-order valence-corrected chi connectivity index (χ4v) is 2.12. The molecule has 0 radical (unpaired) electrons. The molecule has 0 fully saturated rings. The van der Waals surface area contributed by atoms with E-state index in [4.69, 9.17) is 47.4 Å². The van der Waals surface area contributed by atoms with Gasteiger partial charge in [-0.2, -0.15) is 0 Å². The predicted octanol–water partition coefficient (Wildman–Crippen LogP) is 0.371. The predicted molar refractivity (Wildman–Crippen MR) is 120 cm³/mol. The van der Waals surface area contributed by atoms with Gasteiger partial charge in [-0.05, 0) is 6.92 Å². The molecule has 0 aliphatic rings. The molecule has 0 atom stereocenters. The van der Waals surface area contributed by atoms with Crippen molar-refractivity contribution in [2.24, 2.45) is 0 Å². The van der Waals surface area contributed by atoms with E-state index in [0.717, 1.165) is 0 Å². The van der Waals surface area contributed by atoms with Crippen molar-refractivity contribution >= 4 is 5.78 Å². The third-order valence-corrected chi connectivity index (χ3v) is 3.71. The van der Waals surface area contributed by atoms with E-state index in [-0.39, 0.29) is 12.4 Å². The molecule has 0 aromatic rings. The van der Waals surface area contributed by atoms with Gasteiger partial charge in [-0.25, -0.2) is 0 Å². The van der Waals surface area contributed by atoms with Gasteiger partial charge in [-0.1, -0.05) is 0 Å². The second kappa shape index (κ2) is 29.3. The first-order chi connectivity index (χ1) is 16.3. The van der Waals surface area contributed by atoms with Gasteiger partial charge in [0.05, 0.1) is 119 Å². The molecular weight excluding hydrogens is 440 g/mol. The topological polar surface area (TPSA) is 109 Å². The Morgan fingerprint density at radius 3 is 0.818 bits per heavy atom. The molecule has 0 aliphatic carbocycles. The van der Waals surface area contributed by atoms with Crippen molar-refractivity contribution in [3.05, 3.63) is 0 Å². The van der Waals surface area contributed by atoms with Gasteiger partial charge in [0.2, 0.25) is 0 Å². The molecule has 0 rings (SSSR count). The van der Waals surface area contributed by atoms with E-state index >= 15 is 0 Å². The number of methoxy groups -OCH3 is 1. The SMILES string of the molecule is COCCOCCOCCOCCOCCOCCOCCOCCOCCOCC(C)=O. The number of ether oxygens (including phenoxy) is 10. The molecule has 0 saturated carbocycles. The Morgan fingerprint density at radius 1 is 0.394 bits per heavy atom. The summed E-state index contributed by atoms with van der Waals surface area (Å²) in [5, 5.41) is 0. The Balaban J connectivity index is 3.01. The number of carbonyl (C=O) groups is 1. The molecule has 0 heterocycles. The molecule has 0 aliphatic heterocycles. The minimum atomic E-state index is 0.00729. The second-order valence-corrected chi connectivity index (χ2v) is 6.65. The number of hydrogen-bond acceptors (Lipinski definition) is 11. The molecule has 11 nitrogen and oxygen atoms in total. The third-order valence-electron chi connectivity index (χ3n) is 3.71. The van der Waals surface area contributed by atoms with Gasteiger partial charge in [-0.3, -0.25) is 4.79 Å². The van der Waals surface area contributed by atoms with Crippen LogP contribution in [0.2, 0.25) is 0 Å². The van der Waals surface area contributed by atoms with Crippen LogP contribution >= 0.6 is 0 Å². The molecule has 0 aromatic heterocycles. The second-order valence-electron chi connectivity index (χ2n) is 6.65. The summed E-state index contributed by atoms with van der Waals surface area (Å²) in [6.45, 7) is 10.9. The molecular formula is C22H44O11. The molecule has 0 amide bonds. The van der Waals surface area contributed by atoms with Crippen LogP contribution in [0.3, 0.4) is 0 Å². The van der Waals surface area contributed by atoms with Crippen LogP contribution in [0.15, 0.2) is 0 Å². The van der Waals surface area contributed by atoms with E-state index in [1.807, 2.05) is 0 Å². The molecule has 11 heteroatoms. The van der Waals surface area contributed by atoms with Gasteiger partial charge in [0, 0.05) is 7.11 Å². The van der Waals surface area contributed by atoms with Crippen molar-refractivity contribution in [2.75, 3.05) is 133 Å². The number of hydrogen-bond donors (Lipinski definition) is 0. The van der Waals surface area contributed by atoms with Crippen LogP contribution in [0.5, 0.6) is 0 Å². The first kappa shape index (κ1) is 32.3. The molecule has 0 spiro atoms. The van der Waals surface area contributed by atoms with E-state index in [0.29, 0.717) is 119 Å². The summed E-state index contributed by atoms with van der Waals surface area (Å²) in [4.78, 5) is 10.7. The molecule has 33 heavy (non-hydrogen) atoms. The molecule has 0 aromatic carbocycles. The summed E-state index contributed by atoms with van der Waals surface area (Å²) >= 11 is 0. The van der Waals surface area contributed by atoms with Crippen molar-refractivity contribution in [3.63, 3.8) is 0 Å². The van der Waals surface area contributed by atoms with E-state index in [9.17, 15) is 4.79 Å². The van der Waals surface area contributed by atoms with Crippen LogP contribution in [-0.4, -0.2) is 138 Å². The van der Waals surface area contributed by atoms with Gasteiger partial charge in [-0.15, -0.1) is 0 Å². The maximum Gasteiger partial charge on any atom is 0.155 e. The largest absolute Gasteiger partial charge is 0.382 e. The molecule has 0 bridgehead atoms. The standard InChI is InChI=1S/C22H44O11/c1-22(23)21-33-20-19-32-18-17-31-16-15-30-14-13-29-12-11-28-10-9-27-8-7-26-6-5-25-4-3-24-2/h3-21H2,1-2H3. The fraction of sp³-hybridized carbons (Fsp3) is 0.955. The smallest absolute Gasteiger partial charge is 0.155 e. The number of Topliss-reactive ketones (excluding diaryl/α,β-unsaturated/α-hetero) is 1. The highest BCUT2D eigenvalue weighted by Gasteiger charge is 1.96. The third kappa shape index (κ3) is 31.3. The van der Waals surface area contributed by atoms with Crippen molar-refractivity contribution in [3.8, 4) is 0 Å². The van der Waals surface area contributed by atoms with Crippen LogP contribution in [0.4, 0.5) is 0 Å². The van der Waals surface area contributed by atoms with Gasteiger partial charge < -0.3 is 47.4 Å². The normalized spacial score (nSPS) is 11.3. The molecule has 0 N–H and O–H groups in total. The zero-order chi connectivity index (χ0) is 24.1. The number of ketones is 1.